The number of fused-ring (bicyclic) bond motifs is 2. The summed E-state index contributed by atoms with van der Waals surface area (Å²) in [5.41, 5.74) is 2.26. The fourth-order valence-corrected chi connectivity index (χ4v) is 3.50. The molecule has 8 nitrogen and oxygen atoms in total. The number of hydrogen-bond acceptors (Lipinski definition) is 4. The Bertz CT molecular complexity index is 1320. The molecular formula is C19H19N5O3. The number of aromatic nitrogens is 5. The van der Waals surface area contributed by atoms with E-state index in [0.29, 0.717) is 5.56 Å². The summed E-state index contributed by atoms with van der Waals surface area (Å²) in [6.07, 6.45) is 4.00. The number of Topliss-reactive ketones (excluding diaryl/α,β-unsaturated/α-hetero) is 1. The Labute approximate surface area is 153 Å². The van der Waals surface area contributed by atoms with Gasteiger partial charge in [0.1, 0.15) is 0 Å². The number of nitrogens with one attached hydrogen (secondary N) is 1. The number of para-hydroxylation sites is 1. The highest BCUT2D eigenvalue weighted by atomic mass is 16.2. The van der Waals surface area contributed by atoms with Crippen molar-refractivity contribution in [2.75, 3.05) is 0 Å². The highest BCUT2D eigenvalue weighted by Crippen LogP contribution is 2.23. The van der Waals surface area contributed by atoms with Gasteiger partial charge in [-0.2, -0.15) is 0 Å². The van der Waals surface area contributed by atoms with Gasteiger partial charge in [-0.1, -0.05) is 25.1 Å². The van der Waals surface area contributed by atoms with Crippen LogP contribution in [0.15, 0.2) is 40.3 Å². The van der Waals surface area contributed by atoms with Crippen LogP contribution in [0.4, 0.5) is 0 Å². The fraction of sp³-hybridized carbons (Fsp3) is 0.263. The molecule has 3 aromatic heterocycles. The van der Waals surface area contributed by atoms with Crippen LogP contribution < -0.4 is 11.2 Å². The summed E-state index contributed by atoms with van der Waals surface area (Å²) in [5.74, 6) is -0.135. The molecule has 0 aliphatic carbocycles. The van der Waals surface area contributed by atoms with Gasteiger partial charge in [-0.15, -0.1) is 0 Å². The summed E-state index contributed by atoms with van der Waals surface area (Å²) in [4.78, 5) is 44.8. The molecule has 0 amide bonds. The second-order valence-electron chi connectivity index (χ2n) is 6.57. The topological polar surface area (TPSA) is 94.7 Å². The van der Waals surface area contributed by atoms with Crippen LogP contribution in [0.3, 0.4) is 0 Å². The molecule has 0 atom stereocenters. The van der Waals surface area contributed by atoms with Gasteiger partial charge in [-0.3, -0.25) is 18.7 Å². The maximum atomic E-state index is 12.9. The lowest BCUT2D eigenvalue weighted by atomic mass is 10.0. The molecule has 0 radical (unpaired) electrons. The maximum Gasteiger partial charge on any atom is 0.332 e. The van der Waals surface area contributed by atoms with Crippen molar-refractivity contribution in [3.8, 4) is 0 Å². The van der Waals surface area contributed by atoms with Gasteiger partial charge in [0.05, 0.1) is 12.9 Å². The Balaban J connectivity index is 1.81. The van der Waals surface area contributed by atoms with E-state index in [1.807, 2.05) is 18.2 Å². The Morgan fingerprint density at radius 2 is 1.96 bits per heavy atom. The molecule has 1 aromatic carbocycles. The van der Waals surface area contributed by atoms with Gasteiger partial charge in [0, 0.05) is 36.8 Å². The number of imidazole rings is 1. The Kier molecular flexibility index (Phi) is 3.83. The minimum atomic E-state index is -0.467. The van der Waals surface area contributed by atoms with E-state index in [0.717, 1.165) is 27.5 Å². The monoisotopic (exact) mass is 365 g/mol. The summed E-state index contributed by atoms with van der Waals surface area (Å²) in [5, 5.41) is 0.865. The third-order valence-electron chi connectivity index (χ3n) is 5.01. The molecule has 4 aromatic rings. The predicted octanol–water partition coefficient (Wildman–Crippen LogP) is 1.36. The zero-order valence-electron chi connectivity index (χ0n) is 15.3. The van der Waals surface area contributed by atoms with Crippen LogP contribution in [-0.4, -0.2) is 29.5 Å². The molecule has 8 heteroatoms. The van der Waals surface area contributed by atoms with Crippen molar-refractivity contribution in [3.63, 3.8) is 0 Å². The Morgan fingerprint density at radius 3 is 2.70 bits per heavy atom. The van der Waals surface area contributed by atoms with E-state index < -0.39 is 11.2 Å². The van der Waals surface area contributed by atoms with Crippen molar-refractivity contribution in [1.82, 2.24) is 23.7 Å². The predicted molar refractivity (Wildman–Crippen MR) is 102 cm³/mol. The van der Waals surface area contributed by atoms with Gasteiger partial charge in [0.15, 0.2) is 16.9 Å². The minimum absolute atomic E-state index is 0.0345. The number of rotatable bonds is 4. The molecule has 3 heterocycles. The van der Waals surface area contributed by atoms with Crippen LogP contribution in [0.2, 0.25) is 0 Å². The lowest BCUT2D eigenvalue weighted by Gasteiger charge is -2.06. The first-order chi connectivity index (χ1) is 12.9. The average molecular weight is 365 g/mol. The van der Waals surface area contributed by atoms with Crippen LogP contribution in [0, 0.1) is 0 Å². The second kappa shape index (κ2) is 6.08. The molecule has 27 heavy (non-hydrogen) atoms. The molecule has 4 rings (SSSR count). The molecule has 0 aliphatic heterocycles. The van der Waals surface area contributed by atoms with Crippen LogP contribution in [0.5, 0.6) is 0 Å². The lowest BCUT2D eigenvalue weighted by molar-refractivity contribution is 0.0975. The smallest absolute Gasteiger partial charge is 0.332 e. The number of carbonyl (C=O) groups excluding carboxylic acids is 1. The Hall–Kier alpha value is -3.42. The molecular weight excluding hydrogens is 346 g/mol. The first-order valence-corrected chi connectivity index (χ1v) is 8.67. The highest BCUT2D eigenvalue weighted by molar-refractivity contribution is 6.08. The van der Waals surface area contributed by atoms with Gasteiger partial charge < -0.3 is 9.55 Å². The normalized spacial score (nSPS) is 11.5. The van der Waals surface area contributed by atoms with E-state index >= 15 is 0 Å². The number of H-pyrrole nitrogens is 1. The van der Waals surface area contributed by atoms with Crippen molar-refractivity contribution >= 4 is 27.9 Å². The number of aromatic amines is 1. The first-order valence-electron chi connectivity index (χ1n) is 8.67. The van der Waals surface area contributed by atoms with Gasteiger partial charge in [0.25, 0.3) is 5.56 Å². The van der Waals surface area contributed by atoms with Crippen molar-refractivity contribution < 1.29 is 4.79 Å². The summed E-state index contributed by atoms with van der Waals surface area (Å²) < 4.78 is 3.82. The summed E-state index contributed by atoms with van der Waals surface area (Å²) in [6.45, 7) is 2.03. The van der Waals surface area contributed by atoms with Gasteiger partial charge in [-0.05, 0) is 12.0 Å². The molecule has 0 spiro atoms. The maximum absolute atomic E-state index is 12.9. The lowest BCUT2D eigenvalue weighted by Crippen LogP contribution is -2.37. The van der Waals surface area contributed by atoms with Crippen LogP contribution >= 0.6 is 0 Å². The molecule has 0 saturated carbocycles. The van der Waals surface area contributed by atoms with Gasteiger partial charge in [0.2, 0.25) is 0 Å². The molecule has 138 valence electrons. The SMILES string of the molecule is CCc1cccc2c(C(=O)Cn3cnc4c3c(=O)n(C)c(=O)n4C)c[nH]c12. The van der Waals surface area contributed by atoms with Crippen LogP contribution in [0.1, 0.15) is 22.8 Å². The number of hydrogen-bond donors (Lipinski definition) is 1. The van der Waals surface area contributed by atoms with Crippen molar-refractivity contribution in [2.24, 2.45) is 14.1 Å². The quantitative estimate of drug-likeness (QED) is 0.553. The van der Waals surface area contributed by atoms with E-state index in [1.165, 1.54) is 22.5 Å². The number of ketones is 1. The molecule has 0 bridgehead atoms. The fourth-order valence-electron chi connectivity index (χ4n) is 3.50. The number of benzene rings is 1. The van der Waals surface area contributed by atoms with Crippen molar-refractivity contribution in [3.05, 3.63) is 62.7 Å². The summed E-state index contributed by atoms with van der Waals surface area (Å²) in [6, 6.07) is 5.87. The number of nitrogens with zero attached hydrogens (tertiary/aromatic N) is 4. The van der Waals surface area contributed by atoms with Crippen LogP contribution in [0.25, 0.3) is 22.1 Å². The van der Waals surface area contributed by atoms with Gasteiger partial charge in [-0.25, -0.2) is 9.78 Å². The van der Waals surface area contributed by atoms with E-state index in [2.05, 4.69) is 16.9 Å². The molecule has 0 aliphatic rings. The van der Waals surface area contributed by atoms with Gasteiger partial charge >= 0.3 is 5.69 Å². The van der Waals surface area contributed by atoms with E-state index in [-0.39, 0.29) is 23.5 Å². The van der Waals surface area contributed by atoms with Crippen molar-refractivity contribution in [2.45, 2.75) is 19.9 Å². The average Bonchev–Trinajstić information content (AvgIpc) is 3.28. The van der Waals surface area contributed by atoms with Crippen LogP contribution in [-0.2, 0) is 27.1 Å². The van der Waals surface area contributed by atoms with E-state index in [4.69, 9.17) is 0 Å². The third-order valence-corrected chi connectivity index (χ3v) is 5.01. The molecule has 0 fully saturated rings. The number of carbonyl (C=O) groups is 1. The van der Waals surface area contributed by atoms with E-state index in [1.54, 1.807) is 13.2 Å². The summed E-state index contributed by atoms with van der Waals surface area (Å²) in [7, 11) is 2.96. The van der Waals surface area contributed by atoms with Crippen molar-refractivity contribution in [1.29, 1.82) is 0 Å². The molecule has 0 unspecified atom stereocenters. The largest absolute Gasteiger partial charge is 0.360 e. The minimum Gasteiger partial charge on any atom is -0.360 e. The molecule has 0 saturated heterocycles. The first kappa shape index (κ1) is 17.0. The second-order valence-corrected chi connectivity index (χ2v) is 6.57. The third kappa shape index (κ3) is 2.44. The molecule has 1 N–H and O–H groups in total. The zero-order chi connectivity index (χ0) is 19.3. The van der Waals surface area contributed by atoms with E-state index in [9.17, 15) is 14.4 Å². The highest BCUT2D eigenvalue weighted by Gasteiger charge is 2.18. The zero-order valence-corrected chi connectivity index (χ0v) is 15.3. The number of aryl methyl sites for hydroxylation is 2. The summed E-state index contributed by atoms with van der Waals surface area (Å²) >= 11 is 0. The standard InChI is InChI=1S/C19H19N5O3/c1-4-11-6-5-7-12-13(8-20-15(11)12)14(25)9-24-10-21-17-16(24)18(26)23(3)19(27)22(17)2/h5-8,10,20H,4,9H2,1-3H3. The Morgan fingerprint density at radius 1 is 1.19 bits per heavy atom.